The van der Waals surface area contributed by atoms with Gasteiger partial charge in [-0.2, -0.15) is 0 Å². The van der Waals surface area contributed by atoms with Crippen molar-refractivity contribution >= 4 is 24.2 Å². The minimum atomic E-state index is -1.88. The second-order valence-electron chi connectivity index (χ2n) is 5.88. The second kappa shape index (κ2) is 5.39. The minimum Gasteiger partial charge on any atom is -0.413 e. The van der Waals surface area contributed by atoms with Crippen LogP contribution in [0.4, 0.5) is 8.78 Å². The Morgan fingerprint density at radius 3 is 2.28 bits per heavy atom. The molecule has 0 aliphatic carbocycles. The van der Waals surface area contributed by atoms with Crippen molar-refractivity contribution in [2.45, 2.75) is 45.5 Å². The first-order valence-corrected chi connectivity index (χ1v) is 9.53. The molecule has 0 saturated carbocycles. The fourth-order valence-corrected chi connectivity index (χ4v) is 2.54. The molecule has 0 heterocycles. The molecule has 102 valence electrons. The van der Waals surface area contributed by atoms with Crippen LogP contribution in [0.25, 0.3) is 0 Å². The molecule has 0 spiro atoms. The van der Waals surface area contributed by atoms with E-state index >= 15 is 0 Å². The van der Waals surface area contributed by atoms with Crippen molar-refractivity contribution < 1.29 is 13.2 Å². The van der Waals surface area contributed by atoms with Gasteiger partial charge in [-0.15, -0.1) is 0 Å². The second-order valence-corrected chi connectivity index (χ2v) is 11.5. The van der Waals surface area contributed by atoms with E-state index in [1.807, 2.05) is 0 Å². The molecule has 0 fully saturated rings. The van der Waals surface area contributed by atoms with E-state index in [1.165, 1.54) is 0 Å². The smallest absolute Gasteiger partial charge is 0.192 e. The molecule has 0 amide bonds. The normalized spacial score (nSPS) is 12.9. The highest BCUT2D eigenvalue weighted by Gasteiger charge is 2.37. The van der Waals surface area contributed by atoms with Gasteiger partial charge in [-0.3, -0.25) is 0 Å². The third-order valence-corrected chi connectivity index (χ3v) is 8.85. The molecule has 0 aliphatic heterocycles. The Bertz CT molecular complexity index is 441. The van der Waals surface area contributed by atoms with E-state index in [9.17, 15) is 8.78 Å². The lowest BCUT2D eigenvalue weighted by Crippen LogP contribution is -2.40. The molecule has 1 aromatic rings. The quantitative estimate of drug-likeness (QED) is 0.541. The highest BCUT2D eigenvalue weighted by atomic mass is 79.9. The zero-order valence-corrected chi connectivity index (χ0v) is 14.0. The highest BCUT2D eigenvalue weighted by Crippen LogP contribution is 2.37. The summed E-state index contributed by atoms with van der Waals surface area (Å²) in [5.41, 5.74) is 0.638. The SMILES string of the molecule is CC(C)(C)[Si](C)(C)OCc1ccc(F)c(F)c1Br. The topological polar surface area (TPSA) is 9.23 Å². The lowest BCUT2D eigenvalue weighted by atomic mass is 10.2. The monoisotopic (exact) mass is 336 g/mol. The zero-order chi connectivity index (χ0) is 14.1. The molecule has 0 radical (unpaired) electrons. The Morgan fingerprint density at radius 1 is 1.22 bits per heavy atom. The maximum Gasteiger partial charge on any atom is 0.192 e. The highest BCUT2D eigenvalue weighted by molar-refractivity contribution is 9.10. The fraction of sp³-hybridized carbons (Fsp3) is 0.538. The number of halogens is 3. The van der Waals surface area contributed by atoms with Crippen molar-refractivity contribution in [2.75, 3.05) is 0 Å². The predicted molar refractivity (Wildman–Crippen MR) is 76.0 cm³/mol. The Kier molecular flexibility index (Phi) is 4.73. The van der Waals surface area contributed by atoms with Crippen LogP contribution >= 0.6 is 15.9 Å². The summed E-state index contributed by atoms with van der Waals surface area (Å²) in [4.78, 5) is 0. The molecule has 1 aromatic carbocycles. The third kappa shape index (κ3) is 3.39. The van der Waals surface area contributed by atoms with Crippen LogP contribution < -0.4 is 0 Å². The Balaban J connectivity index is 2.85. The molecule has 0 aromatic heterocycles. The van der Waals surface area contributed by atoms with E-state index < -0.39 is 20.0 Å². The van der Waals surface area contributed by atoms with E-state index in [1.54, 1.807) is 6.07 Å². The summed E-state index contributed by atoms with van der Waals surface area (Å²) >= 11 is 3.07. The molecule has 0 saturated heterocycles. The van der Waals surface area contributed by atoms with Crippen molar-refractivity contribution in [2.24, 2.45) is 0 Å². The molecule has 0 atom stereocenters. The van der Waals surface area contributed by atoms with Crippen molar-refractivity contribution in [3.8, 4) is 0 Å². The Hall–Kier alpha value is -0.263. The lowest BCUT2D eigenvalue weighted by Gasteiger charge is -2.36. The summed E-state index contributed by atoms with van der Waals surface area (Å²) in [6.45, 7) is 11.0. The summed E-state index contributed by atoms with van der Waals surface area (Å²) < 4.78 is 32.5. The molecular weight excluding hydrogens is 318 g/mol. The number of rotatable bonds is 3. The zero-order valence-electron chi connectivity index (χ0n) is 11.4. The summed E-state index contributed by atoms with van der Waals surface area (Å²) in [6.07, 6.45) is 0. The molecule has 1 rings (SSSR count). The van der Waals surface area contributed by atoms with Gasteiger partial charge in [0.25, 0.3) is 0 Å². The van der Waals surface area contributed by atoms with Crippen molar-refractivity contribution in [1.82, 2.24) is 0 Å². The summed E-state index contributed by atoms with van der Waals surface area (Å²) in [6, 6.07) is 2.68. The predicted octanol–water partition coefficient (Wildman–Crippen LogP) is 5.25. The van der Waals surface area contributed by atoms with Crippen LogP contribution in [0.2, 0.25) is 18.1 Å². The van der Waals surface area contributed by atoms with Crippen LogP contribution in [-0.4, -0.2) is 8.32 Å². The first-order valence-electron chi connectivity index (χ1n) is 5.82. The van der Waals surface area contributed by atoms with E-state index in [0.717, 1.165) is 6.07 Å². The van der Waals surface area contributed by atoms with Crippen LogP contribution in [-0.2, 0) is 11.0 Å². The fourth-order valence-electron chi connectivity index (χ4n) is 1.15. The van der Waals surface area contributed by atoms with E-state index in [-0.39, 0.29) is 9.51 Å². The van der Waals surface area contributed by atoms with Gasteiger partial charge < -0.3 is 4.43 Å². The molecule has 0 N–H and O–H groups in total. The van der Waals surface area contributed by atoms with Crippen LogP contribution in [0.5, 0.6) is 0 Å². The van der Waals surface area contributed by atoms with Gasteiger partial charge in [-0.25, -0.2) is 8.78 Å². The van der Waals surface area contributed by atoms with Crippen LogP contribution in [0, 0.1) is 11.6 Å². The van der Waals surface area contributed by atoms with Gasteiger partial charge in [0.05, 0.1) is 11.1 Å². The van der Waals surface area contributed by atoms with Crippen molar-refractivity contribution in [3.05, 3.63) is 33.8 Å². The maximum absolute atomic E-state index is 13.4. The molecule has 0 aliphatic rings. The van der Waals surface area contributed by atoms with Gasteiger partial charge in [0.1, 0.15) is 0 Å². The molecule has 0 bridgehead atoms. The van der Waals surface area contributed by atoms with Gasteiger partial charge in [-0.05, 0) is 45.7 Å². The number of hydrogen-bond donors (Lipinski definition) is 0. The van der Waals surface area contributed by atoms with Crippen LogP contribution in [0.3, 0.4) is 0 Å². The molecular formula is C13H19BrF2OSi. The maximum atomic E-state index is 13.4. The molecule has 5 heteroatoms. The first-order chi connectivity index (χ1) is 8.06. The number of hydrogen-bond acceptors (Lipinski definition) is 1. The first kappa shape index (κ1) is 15.8. The van der Waals surface area contributed by atoms with Crippen LogP contribution in [0.1, 0.15) is 26.3 Å². The lowest BCUT2D eigenvalue weighted by molar-refractivity contribution is 0.274. The molecule has 0 unspecified atom stereocenters. The standard InChI is InChI=1S/C13H19BrF2OSi/c1-13(2,3)18(4,5)17-8-9-6-7-10(15)12(16)11(9)14/h6-7H,8H2,1-5H3. The Morgan fingerprint density at radius 2 is 1.78 bits per heavy atom. The minimum absolute atomic E-state index is 0.0953. The molecule has 18 heavy (non-hydrogen) atoms. The Labute approximate surface area is 117 Å². The number of benzene rings is 1. The largest absolute Gasteiger partial charge is 0.413 e. The third-order valence-electron chi connectivity index (χ3n) is 3.51. The van der Waals surface area contributed by atoms with Gasteiger partial charge in [0, 0.05) is 0 Å². The summed E-state index contributed by atoms with van der Waals surface area (Å²) in [5.74, 6) is -1.70. The van der Waals surface area contributed by atoms with Crippen LogP contribution in [0.15, 0.2) is 16.6 Å². The van der Waals surface area contributed by atoms with E-state index in [4.69, 9.17) is 4.43 Å². The van der Waals surface area contributed by atoms with Gasteiger partial charge in [-0.1, -0.05) is 26.8 Å². The van der Waals surface area contributed by atoms with E-state index in [2.05, 4.69) is 49.8 Å². The van der Waals surface area contributed by atoms with Gasteiger partial charge in [0.2, 0.25) is 0 Å². The molecule has 1 nitrogen and oxygen atoms in total. The van der Waals surface area contributed by atoms with Crippen molar-refractivity contribution in [3.63, 3.8) is 0 Å². The summed E-state index contributed by atoms with van der Waals surface area (Å²) in [7, 11) is -1.88. The van der Waals surface area contributed by atoms with Crippen molar-refractivity contribution in [1.29, 1.82) is 0 Å². The average Bonchev–Trinajstić information content (AvgIpc) is 2.23. The van der Waals surface area contributed by atoms with Gasteiger partial charge in [0.15, 0.2) is 20.0 Å². The summed E-state index contributed by atoms with van der Waals surface area (Å²) in [5, 5.41) is 0.0953. The average molecular weight is 337 g/mol. The van der Waals surface area contributed by atoms with Gasteiger partial charge >= 0.3 is 0 Å². The van der Waals surface area contributed by atoms with E-state index in [0.29, 0.717) is 12.2 Å².